The predicted octanol–water partition coefficient (Wildman–Crippen LogP) is 3.93. The number of hydrogen-bond donors (Lipinski definition) is 1. The highest BCUT2D eigenvalue weighted by Gasteiger charge is 2.25. The van der Waals surface area contributed by atoms with Crippen LogP contribution in [0.3, 0.4) is 0 Å². The molecule has 4 aromatic rings. The van der Waals surface area contributed by atoms with Crippen LogP contribution in [-0.2, 0) is 4.79 Å². The maximum Gasteiger partial charge on any atom is 0.295 e. The van der Waals surface area contributed by atoms with Gasteiger partial charge in [0.2, 0.25) is 5.91 Å². The molecule has 7 nitrogen and oxygen atoms in total. The van der Waals surface area contributed by atoms with Crippen LogP contribution in [0.1, 0.15) is 30.8 Å². The van der Waals surface area contributed by atoms with E-state index in [-0.39, 0.29) is 5.52 Å². The van der Waals surface area contributed by atoms with E-state index >= 15 is 0 Å². The van der Waals surface area contributed by atoms with Crippen molar-refractivity contribution in [1.29, 1.82) is 0 Å². The van der Waals surface area contributed by atoms with E-state index in [1.165, 1.54) is 28.9 Å². The minimum absolute atomic E-state index is 0.266. The molecule has 0 aliphatic carbocycles. The van der Waals surface area contributed by atoms with Crippen LogP contribution in [0, 0.1) is 19.7 Å². The average molecular weight is 419 g/mol. The average Bonchev–Trinajstić information content (AvgIpc) is 3.12. The first kappa shape index (κ1) is 20.5. The number of carbonyl (C=O) groups excluding carboxylic acids is 1. The molecular weight excluding hydrogens is 397 g/mol. The highest BCUT2D eigenvalue weighted by Crippen LogP contribution is 2.22. The second-order valence-electron chi connectivity index (χ2n) is 7.31. The minimum Gasteiger partial charge on any atom is -0.324 e. The standard InChI is InChI=1S/C23H22FN5O2/c1-4-19(22(30)25-17-12-10-16(24)11-13-17)29-23(31)21-20(14(2)26-29)15(3)28(27-21)18-8-6-5-7-9-18/h5-13,19H,4H2,1-3H3,(H,25,30). The normalized spacial score (nSPS) is 12.1. The summed E-state index contributed by atoms with van der Waals surface area (Å²) in [6, 6.07) is 14.2. The zero-order valence-electron chi connectivity index (χ0n) is 17.5. The van der Waals surface area contributed by atoms with Crippen molar-refractivity contribution in [3.8, 4) is 5.69 Å². The molecule has 158 valence electrons. The number of aromatic nitrogens is 4. The molecule has 8 heteroatoms. The largest absolute Gasteiger partial charge is 0.324 e. The van der Waals surface area contributed by atoms with Crippen LogP contribution in [0.5, 0.6) is 0 Å². The molecule has 31 heavy (non-hydrogen) atoms. The van der Waals surface area contributed by atoms with Crippen LogP contribution in [0.25, 0.3) is 16.6 Å². The lowest BCUT2D eigenvalue weighted by Crippen LogP contribution is -2.35. The fraction of sp³-hybridized carbons (Fsp3) is 0.217. The van der Waals surface area contributed by atoms with Gasteiger partial charge in [-0.2, -0.15) is 10.2 Å². The maximum absolute atomic E-state index is 13.3. The number of carbonyl (C=O) groups is 1. The van der Waals surface area contributed by atoms with Gasteiger partial charge < -0.3 is 5.32 Å². The van der Waals surface area contributed by atoms with Crippen molar-refractivity contribution in [3.05, 3.63) is 82.2 Å². The Kier molecular flexibility index (Phi) is 5.37. The monoisotopic (exact) mass is 419 g/mol. The van der Waals surface area contributed by atoms with E-state index in [0.717, 1.165) is 11.4 Å². The predicted molar refractivity (Wildman–Crippen MR) is 117 cm³/mol. The van der Waals surface area contributed by atoms with Gasteiger partial charge in [-0.05, 0) is 56.7 Å². The van der Waals surface area contributed by atoms with Crippen molar-refractivity contribution in [2.75, 3.05) is 5.32 Å². The molecule has 0 aliphatic heterocycles. The Hall–Kier alpha value is -3.81. The van der Waals surface area contributed by atoms with Crippen LogP contribution >= 0.6 is 0 Å². The lowest BCUT2D eigenvalue weighted by Gasteiger charge is -2.17. The van der Waals surface area contributed by atoms with Gasteiger partial charge in [0.25, 0.3) is 5.56 Å². The third kappa shape index (κ3) is 3.72. The number of nitrogens with zero attached hydrogens (tertiary/aromatic N) is 4. The summed E-state index contributed by atoms with van der Waals surface area (Å²) < 4.78 is 16.0. The molecule has 1 unspecified atom stereocenters. The summed E-state index contributed by atoms with van der Waals surface area (Å²) in [5, 5.41) is 12.4. The molecule has 0 bridgehead atoms. The molecule has 2 heterocycles. The molecule has 0 spiro atoms. The van der Waals surface area contributed by atoms with Gasteiger partial charge >= 0.3 is 0 Å². The molecule has 2 aromatic heterocycles. The second kappa shape index (κ2) is 8.14. The highest BCUT2D eigenvalue weighted by molar-refractivity contribution is 5.94. The fourth-order valence-electron chi connectivity index (χ4n) is 3.71. The Labute approximate surface area is 178 Å². The first-order chi connectivity index (χ1) is 14.9. The fourth-order valence-corrected chi connectivity index (χ4v) is 3.71. The summed E-state index contributed by atoms with van der Waals surface area (Å²) in [6.07, 6.45) is 0.350. The minimum atomic E-state index is -0.831. The highest BCUT2D eigenvalue weighted by atomic mass is 19.1. The smallest absolute Gasteiger partial charge is 0.295 e. The topological polar surface area (TPSA) is 81.8 Å². The van der Waals surface area contributed by atoms with E-state index in [2.05, 4.69) is 15.5 Å². The Morgan fingerprint density at radius 2 is 1.74 bits per heavy atom. The third-order valence-corrected chi connectivity index (χ3v) is 5.24. The van der Waals surface area contributed by atoms with E-state index in [9.17, 15) is 14.0 Å². The van der Waals surface area contributed by atoms with Gasteiger partial charge in [-0.15, -0.1) is 0 Å². The summed E-state index contributed by atoms with van der Waals surface area (Å²) in [4.78, 5) is 26.2. The molecule has 0 saturated heterocycles. The van der Waals surface area contributed by atoms with Crippen molar-refractivity contribution in [3.63, 3.8) is 0 Å². The Bertz CT molecular complexity index is 1310. The molecule has 1 N–H and O–H groups in total. The number of amides is 1. The van der Waals surface area contributed by atoms with Crippen molar-refractivity contribution >= 4 is 22.5 Å². The number of halogens is 1. The molecule has 0 radical (unpaired) electrons. The number of benzene rings is 2. The van der Waals surface area contributed by atoms with Gasteiger partial charge in [0, 0.05) is 5.69 Å². The SMILES string of the molecule is CCC(C(=O)Nc1ccc(F)cc1)n1nc(C)c2c(C)n(-c3ccccc3)nc2c1=O. The quantitative estimate of drug-likeness (QED) is 0.531. The lowest BCUT2D eigenvalue weighted by atomic mass is 10.1. The molecule has 0 saturated carbocycles. The van der Waals surface area contributed by atoms with Gasteiger partial charge in [-0.3, -0.25) is 9.59 Å². The van der Waals surface area contributed by atoms with E-state index < -0.39 is 23.3 Å². The molecule has 2 aromatic carbocycles. The molecule has 1 atom stereocenters. The number of rotatable bonds is 5. The molecule has 0 aliphatic rings. The lowest BCUT2D eigenvalue weighted by molar-refractivity contribution is -0.119. The second-order valence-corrected chi connectivity index (χ2v) is 7.31. The third-order valence-electron chi connectivity index (χ3n) is 5.24. The summed E-state index contributed by atoms with van der Waals surface area (Å²) in [5.74, 6) is -0.796. The van der Waals surface area contributed by atoms with E-state index in [1.54, 1.807) is 18.5 Å². The van der Waals surface area contributed by atoms with Crippen molar-refractivity contribution < 1.29 is 9.18 Å². The molecule has 0 fully saturated rings. The number of para-hydroxylation sites is 1. The molecule has 1 amide bonds. The molecular formula is C23H22FN5O2. The summed E-state index contributed by atoms with van der Waals surface area (Å²) in [6.45, 7) is 5.49. The van der Waals surface area contributed by atoms with Gasteiger partial charge in [0.15, 0.2) is 5.52 Å². The summed E-state index contributed by atoms with van der Waals surface area (Å²) in [7, 11) is 0. The summed E-state index contributed by atoms with van der Waals surface area (Å²) >= 11 is 0. The van der Waals surface area contributed by atoms with Crippen LogP contribution in [0.4, 0.5) is 10.1 Å². The first-order valence-corrected chi connectivity index (χ1v) is 10.0. The molecule has 4 rings (SSSR count). The number of fused-ring (bicyclic) bond motifs is 1. The van der Waals surface area contributed by atoms with Crippen LogP contribution in [-0.4, -0.2) is 25.5 Å². The number of nitrogens with one attached hydrogen (secondary N) is 1. The zero-order chi connectivity index (χ0) is 22.1. The van der Waals surface area contributed by atoms with E-state index in [1.807, 2.05) is 37.3 Å². The van der Waals surface area contributed by atoms with Crippen molar-refractivity contribution in [2.24, 2.45) is 0 Å². The number of hydrogen-bond acceptors (Lipinski definition) is 4. The number of anilines is 1. The van der Waals surface area contributed by atoms with Gasteiger partial charge in [0.05, 0.1) is 22.5 Å². The maximum atomic E-state index is 13.3. The Balaban J connectivity index is 1.78. The van der Waals surface area contributed by atoms with E-state index in [4.69, 9.17) is 0 Å². The Morgan fingerprint density at radius 1 is 1.06 bits per heavy atom. The van der Waals surface area contributed by atoms with Crippen LogP contribution in [0.15, 0.2) is 59.4 Å². The van der Waals surface area contributed by atoms with Gasteiger partial charge in [0.1, 0.15) is 11.9 Å². The summed E-state index contributed by atoms with van der Waals surface area (Å²) in [5.41, 5.74) is 2.53. The van der Waals surface area contributed by atoms with Crippen LogP contribution < -0.4 is 10.9 Å². The number of aryl methyl sites for hydroxylation is 2. The van der Waals surface area contributed by atoms with Crippen molar-refractivity contribution in [1.82, 2.24) is 19.6 Å². The van der Waals surface area contributed by atoms with Gasteiger partial charge in [-0.25, -0.2) is 13.8 Å². The van der Waals surface area contributed by atoms with E-state index in [0.29, 0.717) is 23.2 Å². The zero-order valence-corrected chi connectivity index (χ0v) is 17.5. The first-order valence-electron chi connectivity index (χ1n) is 10.0. The van der Waals surface area contributed by atoms with Crippen LogP contribution in [0.2, 0.25) is 0 Å². The van der Waals surface area contributed by atoms with Gasteiger partial charge in [-0.1, -0.05) is 25.1 Å². The Morgan fingerprint density at radius 3 is 2.39 bits per heavy atom. The van der Waals surface area contributed by atoms with Crippen molar-refractivity contribution in [2.45, 2.75) is 33.2 Å².